The van der Waals surface area contributed by atoms with Crippen LogP contribution in [0.5, 0.6) is 0 Å². The first-order valence-electron chi connectivity index (χ1n) is 23.7. The molecule has 51 heavy (non-hydrogen) atoms. The third-order valence-corrected chi connectivity index (χ3v) is 11.3. The Morgan fingerprint density at radius 2 is 0.490 bits per heavy atom. The molecule has 0 fully saturated rings. The van der Waals surface area contributed by atoms with Crippen LogP contribution < -0.4 is 10.6 Å². The Morgan fingerprint density at radius 1 is 0.294 bits per heavy atom. The lowest BCUT2D eigenvalue weighted by atomic mass is 9.93. The number of carbonyl (C=O) groups is 2. The number of nitrogens with one attached hydrogen (secondary N) is 2. The highest BCUT2D eigenvalue weighted by molar-refractivity contribution is 5.79. The Balaban J connectivity index is 4.61. The molecule has 0 aliphatic carbocycles. The lowest BCUT2D eigenvalue weighted by Gasteiger charge is -2.18. The zero-order valence-corrected chi connectivity index (χ0v) is 35.5. The number of hydrogen-bond donors (Lipinski definition) is 2. The summed E-state index contributed by atoms with van der Waals surface area (Å²) in [5.74, 6) is 0.828. The topological polar surface area (TPSA) is 58.2 Å². The smallest absolute Gasteiger partial charge is 0.223 e. The quantitative estimate of drug-likeness (QED) is 0.0617. The highest BCUT2D eigenvalue weighted by Gasteiger charge is 2.19. The van der Waals surface area contributed by atoms with Crippen LogP contribution in [-0.2, 0) is 9.59 Å². The van der Waals surface area contributed by atoms with Gasteiger partial charge in [-0.3, -0.25) is 9.59 Å². The molecule has 0 aromatic heterocycles. The summed E-state index contributed by atoms with van der Waals surface area (Å²) >= 11 is 0. The summed E-state index contributed by atoms with van der Waals surface area (Å²) in [5, 5.41) is 6.56. The maximum absolute atomic E-state index is 13.3. The van der Waals surface area contributed by atoms with Crippen LogP contribution in [0.3, 0.4) is 0 Å². The third kappa shape index (κ3) is 35.7. The Bertz CT molecular complexity index is 612. The molecule has 2 N–H and O–H groups in total. The molecule has 0 unspecified atom stereocenters. The number of amides is 2. The van der Waals surface area contributed by atoms with Crippen LogP contribution in [-0.4, -0.2) is 24.9 Å². The van der Waals surface area contributed by atoms with Gasteiger partial charge in [0.15, 0.2) is 0 Å². The molecule has 4 nitrogen and oxygen atoms in total. The van der Waals surface area contributed by atoms with Gasteiger partial charge in [-0.05, 0) is 32.1 Å². The summed E-state index contributed by atoms with van der Waals surface area (Å²) in [6.07, 6.45) is 47.0. The highest BCUT2D eigenvalue weighted by Crippen LogP contribution is 2.22. The molecule has 0 bridgehead atoms. The van der Waals surface area contributed by atoms with Gasteiger partial charge in [0.05, 0.1) is 0 Å². The zero-order valence-electron chi connectivity index (χ0n) is 35.5. The first-order valence-corrected chi connectivity index (χ1v) is 23.7. The first-order chi connectivity index (χ1) is 25.1. The van der Waals surface area contributed by atoms with Crippen molar-refractivity contribution in [1.82, 2.24) is 10.6 Å². The van der Waals surface area contributed by atoms with Gasteiger partial charge in [0.2, 0.25) is 11.8 Å². The SMILES string of the molecule is CCCCCCCCCCC(CCCCCCCCCC)C(=O)NCCCNC(=O)C(CCCCCCCCCC)CCCCCCCCCC. The average Bonchev–Trinajstić information content (AvgIpc) is 3.13. The molecular formula is C47H94N2O2. The minimum absolute atomic E-state index is 0.155. The van der Waals surface area contributed by atoms with Gasteiger partial charge < -0.3 is 10.6 Å². The van der Waals surface area contributed by atoms with Gasteiger partial charge >= 0.3 is 0 Å². The van der Waals surface area contributed by atoms with E-state index in [1.54, 1.807) is 0 Å². The van der Waals surface area contributed by atoms with Crippen LogP contribution in [0.2, 0.25) is 0 Å². The van der Waals surface area contributed by atoms with Crippen LogP contribution in [0.15, 0.2) is 0 Å². The number of rotatable bonds is 42. The zero-order chi connectivity index (χ0) is 37.3. The van der Waals surface area contributed by atoms with E-state index in [1.807, 2.05) is 0 Å². The van der Waals surface area contributed by atoms with Gasteiger partial charge in [-0.25, -0.2) is 0 Å². The van der Waals surface area contributed by atoms with E-state index >= 15 is 0 Å². The molecular weight excluding hydrogens is 625 g/mol. The molecule has 0 aliphatic rings. The number of hydrogen-bond acceptors (Lipinski definition) is 2. The van der Waals surface area contributed by atoms with E-state index in [0.717, 1.165) is 32.1 Å². The molecule has 0 aromatic rings. The van der Waals surface area contributed by atoms with Gasteiger partial charge in [0, 0.05) is 24.9 Å². The summed E-state index contributed by atoms with van der Waals surface area (Å²) in [6.45, 7) is 10.5. The summed E-state index contributed by atoms with van der Waals surface area (Å²) < 4.78 is 0. The molecule has 0 atom stereocenters. The number of carbonyl (C=O) groups excluding carboxylic acids is 2. The monoisotopic (exact) mass is 719 g/mol. The minimum atomic E-state index is 0.155. The standard InChI is InChI=1S/C47H94N2O2/c1-5-9-13-17-21-25-29-33-38-44(39-34-30-26-22-18-14-10-6-2)46(50)48-42-37-43-49-47(51)45(40-35-31-27-23-19-15-11-7-3)41-36-32-28-24-20-16-12-8-4/h44-45H,5-43H2,1-4H3,(H,48,50)(H,49,51). The van der Waals surface area contributed by atoms with Crippen LogP contribution in [0.1, 0.15) is 265 Å². The van der Waals surface area contributed by atoms with Crippen molar-refractivity contribution in [1.29, 1.82) is 0 Å². The minimum Gasteiger partial charge on any atom is -0.356 e. The van der Waals surface area contributed by atoms with Gasteiger partial charge in [0.25, 0.3) is 0 Å². The fraction of sp³-hybridized carbons (Fsp3) is 0.957. The average molecular weight is 719 g/mol. The Kier molecular flexibility index (Phi) is 40.8. The number of unbranched alkanes of at least 4 members (excludes halogenated alkanes) is 28. The van der Waals surface area contributed by atoms with Crippen molar-refractivity contribution >= 4 is 11.8 Å². The second-order valence-corrected chi connectivity index (χ2v) is 16.4. The second kappa shape index (κ2) is 41.7. The molecule has 0 saturated heterocycles. The van der Waals surface area contributed by atoms with E-state index in [2.05, 4.69) is 38.3 Å². The third-order valence-electron chi connectivity index (χ3n) is 11.3. The molecule has 0 aromatic carbocycles. The molecule has 0 saturated carbocycles. The van der Waals surface area contributed by atoms with Crippen molar-refractivity contribution in [3.8, 4) is 0 Å². The molecule has 0 heterocycles. The Hall–Kier alpha value is -1.06. The molecule has 0 spiro atoms. The summed E-state index contributed by atoms with van der Waals surface area (Å²) in [6, 6.07) is 0. The first kappa shape index (κ1) is 49.9. The summed E-state index contributed by atoms with van der Waals surface area (Å²) in [5.41, 5.74) is 0. The normalized spacial score (nSPS) is 11.6. The van der Waals surface area contributed by atoms with E-state index in [9.17, 15) is 9.59 Å². The fourth-order valence-electron chi connectivity index (χ4n) is 7.71. The predicted octanol–water partition coefficient (Wildman–Crippen LogP) is 15.0. The van der Waals surface area contributed by atoms with Crippen molar-refractivity contribution in [2.75, 3.05) is 13.1 Å². The van der Waals surface area contributed by atoms with Gasteiger partial charge in [-0.1, -0.05) is 233 Å². The van der Waals surface area contributed by atoms with Gasteiger partial charge in [-0.2, -0.15) is 0 Å². The second-order valence-electron chi connectivity index (χ2n) is 16.4. The Morgan fingerprint density at radius 3 is 0.706 bits per heavy atom. The molecule has 304 valence electrons. The summed E-state index contributed by atoms with van der Waals surface area (Å²) in [7, 11) is 0. The lowest BCUT2D eigenvalue weighted by molar-refractivity contribution is -0.125. The van der Waals surface area contributed by atoms with Crippen LogP contribution in [0, 0.1) is 11.8 Å². The molecule has 4 heteroatoms. The van der Waals surface area contributed by atoms with Crippen LogP contribution in [0.4, 0.5) is 0 Å². The van der Waals surface area contributed by atoms with Crippen LogP contribution >= 0.6 is 0 Å². The largest absolute Gasteiger partial charge is 0.356 e. The highest BCUT2D eigenvalue weighted by atomic mass is 16.2. The molecule has 2 amide bonds. The van der Waals surface area contributed by atoms with Crippen molar-refractivity contribution in [3.63, 3.8) is 0 Å². The van der Waals surface area contributed by atoms with Crippen molar-refractivity contribution < 1.29 is 9.59 Å². The van der Waals surface area contributed by atoms with E-state index in [0.29, 0.717) is 13.1 Å². The Labute approximate surface area is 321 Å². The summed E-state index contributed by atoms with van der Waals surface area (Å²) in [4.78, 5) is 26.6. The van der Waals surface area contributed by atoms with Crippen molar-refractivity contribution in [2.24, 2.45) is 11.8 Å². The van der Waals surface area contributed by atoms with Gasteiger partial charge in [0.1, 0.15) is 0 Å². The fourth-order valence-corrected chi connectivity index (χ4v) is 7.71. The van der Waals surface area contributed by atoms with E-state index in [-0.39, 0.29) is 23.7 Å². The maximum atomic E-state index is 13.3. The van der Waals surface area contributed by atoms with E-state index in [1.165, 1.54) is 205 Å². The molecule has 0 rings (SSSR count). The lowest BCUT2D eigenvalue weighted by Crippen LogP contribution is -2.35. The van der Waals surface area contributed by atoms with E-state index in [4.69, 9.17) is 0 Å². The predicted molar refractivity (Wildman–Crippen MR) is 227 cm³/mol. The van der Waals surface area contributed by atoms with Gasteiger partial charge in [-0.15, -0.1) is 0 Å². The van der Waals surface area contributed by atoms with E-state index < -0.39 is 0 Å². The van der Waals surface area contributed by atoms with Crippen molar-refractivity contribution in [3.05, 3.63) is 0 Å². The molecule has 0 aliphatic heterocycles. The van der Waals surface area contributed by atoms with Crippen LogP contribution in [0.25, 0.3) is 0 Å². The molecule has 0 radical (unpaired) electrons. The van der Waals surface area contributed by atoms with Crippen molar-refractivity contribution in [2.45, 2.75) is 265 Å². The maximum Gasteiger partial charge on any atom is 0.223 e.